The number of hydrogen-bond acceptors (Lipinski definition) is 7. The number of ether oxygens (including phenoxy) is 3. The second-order valence-electron chi connectivity index (χ2n) is 7.09. The number of methoxy groups -OCH3 is 1. The van der Waals surface area contributed by atoms with Crippen molar-refractivity contribution in [3.63, 3.8) is 0 Å². The maximum atomic E-state index is 13.6. The van der Waals surface area contributed by atoms with Gasteiger partial charge in [-0.05, 0) is 48.9 Å². The van der Waals surface area contributed by atoms with Crippen molar-refractivity contribution < 1.29 is 23.4 Å². The first kappa shape index (κ1) is 19.4. The van der Waals surface area contributed by atoms with Crippen LogP contribution in [0, 0.1) is 6.92 Å². The van der Waals surface area contributed by atoms with Crippen LogP contribution in [0.1, 0.15) is 21.7 Å². The van der Waals surface area contributed by atoms with Crippen molar-refractivity contribution in [2.24, 2.45) is 0 Å². The molecule has 1 aliphatic rings. The van der Waals surface area contributed by atoms with Gasteiger partial charge in [0.25, 0.3) is 5.91 Å². The molecule has 0 saturated carbocycles. The second-order valence-corrected chi connectivity index (χ2v) is 8.07. The summed E-state index contributed by atoms with van der Waals surface area (Å²) in [5, 5.41) is 0.568. The van der Waals surface area contributed by atoms with Gasteiger partial charge in [0.1, 0.15) is 30.2 Å². The van der Waals surface area contributed by atoms with Crippen LogP contribution in [-0.4, -0.2) is 31.2 Å². The highest BCUT2D eigenvalue weighted by Crippen LogP contribution is 2.38. The van der Waals surface area contributed by atoms with Crippen LogP contribution in [0.3, 0.4) is 0 Å². The molecule has 5 rings (SSSR count). The van der Waals surface area contributed by atoms with Gasteiger partial charge in [-0.15, -0.1) is 0 Å². The molecule has 8 heteroatoms. The summed E-state index contributed by atoms with van der Waals surface area (Å²) < 4.78 is 23.2. The Bertz CT molecular complexity index is 1250. The van der Waals surface area contributed by atoms with E-state index >= 15 is 0 Å². The average Bonchev–Trinajstić information content (AvgIpc) is 3.47. The Morgan fingerprint density at radius 2 is 2.00 bits per heavy atom. The second kappa shape index (κ2) is 7.96. The Balaban J connectivity index is 1.58. The Labute approximate surface area is 182 Å². The van der Waals surface area contributed by atoms with Crippen LogP contribution in [0.25, 0.3) is 10.2 Å². The molecule has 0 spiro atoms. The maximum absolute atomic E-state index is 13.6. The molecule has 0 N–H and O–H groups in total. The molecule has 2 aromatic heterocycles. The molecule has 31 heavy (non-hydrogen) atoms. The van der Waals surface area contributed by atoms with Gasteiger partial charge in [0.2, 0.25) is 0 Å². The number of carbonyl (C=O) groups excluding carboxylic acids is 1. The number of benzene rings is 2. The minimum atomic E-state index is -0.205. The number of furan rings is 1. The number of thiazole rings is 1. The topological polar surface area (TPSA) is 74.0 Å². The zero-order valence-corrected chi connectivity index (χ0v) is 17.9. The van der Waals surface area contributed by atoms with Gasteiger partial charge < -0.3 is 18.6 Å². The molecular weight excluding hydrogens is 416 g/mol. The summed E-state index contributed by atoms with van der Waals surface area (Å²) in [6.07, 6.45) is 1.59. The minimum absolute atomic E-state index is 0.205. The molecule has 0 saturated heterocycles. The summed E-state index contributed by atoms with van der Waals surface area (Å²) in [6, 6.07) is 12.7. The third-order valence-corrected chi connectivity index (χ3v) is 6.28. The number of nitrogens with zero attached hydrogens (tertiary/aromatic N) is 2. The van der Waals surface area contributed by atoms with Gasteiger partial charge in [-0.25, -0.2) is 4.98 Å². The molecule has 0 fully saturated rings. The Morgan fingerprint density at radius 3 is 2.77 bits per heavy atom. The first-order chi connectivity index (χ1) is 15.1. The van der Waals surface area contributed by atoms with Crippen molar-refractivity contribution in [2.45, 2.75) is 13.5 Å². The lowest BCUT2D eigenvalue weighted by Crippen LogP contribution is -2.30. The number of anilines is 1. The predicted octanol–water partition coefficient (Wildman–Crippen LogP) is 4.82. The fraction of sp³-hybridized carbons (Fsp3) is 0.217. The van der Waals surface area contributed by atoms with Crippen molar-refractivity contribution in [1.82, 2.24) is 4.98 Å². The van der Waals surface area contributed by atoms with E-state index in [0.29, 0.717) is 46.9 Å². The van der Waals surface area contributed by atoms with Gasteiger partial charge in [0.05, 0.1) is 24.6 Å². The predicted molar refractivity (Wildman–Crippen MR) is 118 cm³/mol. The van der Waals surface area contributed by atoms with E-state index in [9.17, 15) is 4.79 Å². The van der Waals surface area contributed by atoms with Gasteiger partial charge in [0, 0.05) is 5.56 Å². The monoisotopic (exact) mass is 436 g/mol. The van der Waals surface area contributed by atoms with Crippen molar-refractivity contribution in [2.75, 3.05) is 25.2 Å². The minimum Gasteiger partial charge on any atom is -0.494 e. The molecule has 1 aliphatic heterocycles. The highest BCUT2D eigenvalue weighted by molar-refractivity contribution is 7.22. The normalized spacial score (nSPS) is 12.7. The molecule has 0 radical (unpaired) electrons. The standard InChI is InChI=1S/C23H20N2O5S/c1-14-5-7-18(27-2)20-21(14)31-23(24-20)25(13-16-4-3-9-28-16)22(26)15-6-8-17-19(12-15)30-11-10-29-17/h3-9,12H,10-11,13H2,1-2H3. The first-order valence-electron chi connectivity index (χ1n) is 9.82. The Morgan fingerprint density at radius 1 is 1.16 bits per heavy atom. The van der Waals surface area contributed by atoms with Crippen molar-refractivity contribution >= 4 is 32.6 Å². The molecule has 158 valence electrons. The van der Waals surface area contributed by atoms with E-state index in [-0.39, 0.29) is 12.5 Å². The van der Waals surface area contributed by atoms with E-state index in [0.717, 1.165) is 15.8 Å². The number of fused-ring (bicyclic) bond motifs is 2. The third-order valence-electron chi connectivity index (χ3n) is 5.07. The van der Waals surface area contributed by atoms with Gasteiger partial charge in [-0.2, -0.15) is 0 Å². The van der Waals surface area contributed by atoms with Crippen LogP contribution in [0.15, 0.2) is 53.1 Å². The summed E-state index contributed by atoms with van der Waals surface area (Å²) in [5.41, 5.74) is 2.30. The third kappa shape index (κ3) is 3.59. The van der Waals surface area contributed by atoms with Gasteiger partial charge in [-0.1, -0.05) is 17.4 Å². The van der Waals surface area contributed by atoms with E-state index in [1.165, 1.54) is 11.3 Å². The Kier molecular flexibility index (Phi) is 4.99. The molecule has 0 bridgehead atoms. The lowest BCUT2D eigenvalue weighted by molar-refractivity contribution is 0.0982. The van der Waals surface area contributed by atoms with E-state index in [2.05, 4.69) is 0 Å². The van der Waals surface area contributed by atoms with Crippen LogP contribution >= 0.6 is 11.3 Å². The summed E-state index contributed by atoms with van der Waals surface area (Å²) in [6.45, 7) is 3.22. The van der Waals surface area contributed by atoms with E-state index in [4.69, 9.17) is 23.6 Å². The average molecular weight is 436 g/mol. The van der Waals surface area contributed by atoms with Gasteiger partial charge in [-0.3, -0.25) is 9.69 Å². The molecule has 0 atom stereocenters. The fourth-order valence-electron chi connectivity index (χ4n) is 3.50. The molecule has 3 heterocycles. The maximum Gasteiger partial charge on any atom is 0.260 e. The van der Waals surface area contributed by atoms with Crippen LogP contribution in [0.4, 0.5) is 5.13 Å². The smallest absolute Gasteiger partial charge is 0.260 e. The molecule has 2 aromatic carbocycles. The van der Waals surface area contributed by atoms with E-state index in [1.54, 1.807) is 42.5 Å². The lowest BCUT2D eigenvalue weighted by atomic mass is 10.1. The zero-order valence-electron chi connectivity index (χ0n) is 17.1. The Hall–Kier alpha value is -3.52. The van der Waals surface area contributed by atoms with E-state index < -0.39 is 0 Å². The van der Waals surface area contributed by atoms with Gasteiger partial charge in [0.15, 0.2) is 16.6 Å². The van der Waals surface area contributed by atoms with Crippen molar-refractivity contribution in [3.8, 4) is 17.2 Å². The fourth-order valence-corrected chi connectivity index (χ4v) is 4.54. The van der Waals surface area contributed by atoms with Gasteiger partial charge >= 0.3 is 0 Å². The number of amides is 1. The van der Waals surface area contributed by atoms with Crippen LogP contribution in [0.2, 0.25) is 0 Å². The molecule has 0 aliphatic carbocycles. The lowest BCUT2D eigenvalue weighted by Gasteiger charge is -2.21. The number of aryl methyl sites for hydroxylation is 1. The van der Waals surface area contributed by atoms with Crippen LogP contribution in [-0.2, 0) is 6.54 Å². The van der Waals surface area contributed by atoms with Crippen molar-refractivity contribution in [3.05, 3.63) is 65.6 Å². The molecular formula is C23H20N2O5S. The quantitative estimate of drug-likeness (QED) is 0.446. The summed E-state index contributed by atoms with van der Waals surface area (Å²) in [7, 11) is 1.62. The van der Waals surface area contributed by atoms with E-state index in [1.807, 2.05) is 25.1 Å². The summed E-state index contributed by atoms with van der Waals surface area (Å²) in [4.78, 5) is 20.0. The zero-order chi connectivity index (χ0) is 21.4. The summed E-state index contributed by atoms with van der Waals surface area (Å²) in [5.74, 6) is 2.34. The number of carbonyl (C=O) groups is 1. The van der Waals surface area contributed by atoms with Crippen molar-refractivity contribution in [1.29, 1.82) is 0 Å². The number of hydrogen-bond donors (Lipinski definition) is 0. The number of rotatable bonds is 5. The molecule has 7 nitrogen and oxygen atoms in total. The molecule has 4 aromatic rings. The summed E-state index contributed by atoms with van der Waals surface area (Å²) >= 11 is 1.45. The highest BCUT2D eigenvalue weighted by atomic mass is 32.1. The van der Waals surface area contributed by atoms with Crippen LogP contribution in [0.5, 0.6) is 17.2 Å². The number of aromatic nitrogens is 1. The SMILES string of the molecule is COc1ccc(C)c2sc(N(Cc3ccco3)C(=O)c3ccc4c(c3)OCCO4)nc12. The molecule has 0 unspecified atom stereocenters. The highest BCUT2D eigenvalue weighted by Gasteiger charge is 2.25. The first-order valence-corrected chi connectivity index (χ1v) is 10.6. The van der Waals surface area contributed by atoms with Crippen LogP contribution < -0.4 is 19.1 Å². The largest absolute Gasteiger partial charge is 0.494 e. The molecule has 1 amide bonds.